The fourth-order valence-electron chi connectivity index (χ4n) is 2.05. The number of methoxy groups -OCH3 is 1. The lowest BCUT2D eigenvalue weighted by molar-refractivity contribution is -0.115. The number of ether oxygens (including phenoxy) is 1. The number of Topliss-reactive ketones (excluding diaryl/α,β-unsaturated/α-hetero) is 1. The van der Waals surface area contributed by atoms with E-state index in [1.165, 1.54) is 6.92 Å². The number of benzene rings is 2. The van der Waals surface area contributed by atoms with Gasteiger partial charge < -0.3 is 10.1 Å². The number of hydrogen-bond acceptors (Lipinski definition) is 4. The van der Waals surface area contributed by atoms with Gasteiger partial charge in [0.25, 0.3) is 0 Å². The molecule has 2 aromatic carbocycles. The van der Waals surface area contributed by atoms with Gasteiger partial charge in [-0.05, 0) is 43.3 Å². The molecule has 1 N–H and O–H groups in total. The highest BCUT2D eigenvalue weighted by Crippen LogP contribution is 2.22. The third kappa shape index (κ3) is 5.14. The number of carbonyl (C=O) groups is 2. The molecule has 23 heavy (non-hydrogen) atoms. The molecule has 0 atom stereocenters. The third-order valence-corrected chi connectivity index (χ3v) is 4.25. The molecule has 2 rings (SSSR count). The minimum atomic E-state index is -0.0975. The molecule has 0 saturated heterocycles. The molecule has 0 aliphatic heterocycles. The Morgan fingerprint density at radius 2 is 1.78 bits per heavy atom. The Balaban J connectivity index is 1.84. The second-order valence-electron chi connectivity index (χ2n) is 4.92. The standard InChI is InChI=1S/C18H19NO3S/c1-13(20)16-5-3-4-6-17(16)19-18(21)11-12-23-15-9-7-14(22-2)8-10-15/h3-10H,11-12H2,1-2H3,(H,19,21). The summed E-state index contributed by atoms with van der Waals surface area (Å²) >= 11 is 1.61. The smallest absolute Gasteiger partial charge is 0.225 e. The van der Waals surface area contributed by atoms with E-state index < -0.39 is 0 Å². The first-order valence-corrected chi connectivity index (χ1v) is 8.25. The molecule has 0 aromatic heterocycles. The molecule has 0 unspecified atom stereocenters. The van der Waals surface area contributed by atoms with Gasteiger partial charge in [0.05, 0.1) is 12.8 Å². The van der Waals surface area contributed by atoms with E-state index in [4.69, 9.17) is 4.74 Å². The van der Waals surface area contributed by atoms with Crippen LogP contribution in [0, 0.1) is 0 Å². The SMILES string of the molecule is COc1ccc(SCCC(=O)Nc2ccccc2C(C)=O)cc1. The first kappa shape index (κ1) is 17.1. The van der Waals surface area contributed by atoms with Crippen molar-refractivity contribution >= 4 is 29.1 Å². The van der Waals surface area contributed by atoms with E-state index in [-0.39, 0.29) is 11.7 Å². The largest absolute Gasteiger partial charge is 0.497 e. The Morgan fingerprint density at radius 3 is 2.43 bits per heavy atom. The van der Waals surface area contributed by atoms with Gasteiger partial charge in [-0.15, -0.1) is 11.8 Å². The van der Waals surface area contributed by atoms with Crippen LogP contribution in [0.5, 0.6) is 5.75 Å². The highest BCUT2D eigenvalue weighted by atomic mass is 32.2. The average molecular weight is 329 g/mol. The Kier molecular flexibility index (Phi) is 6.23. The molecular formula is C18H19NO3S. The molecule has 2 aromatic rings. The molecule has 5 heteroatoms. The van der Waals surface area contributed by atoms with Crippen LogP contribution in [0.4, 0.5) is 5.69 Å². The summed E-state index contributed by atoms with van der Waals surface area (Å²) in [7, 11) is 1.63. The Hall–Kier alpha value is -2.27. The van der Waals surface area contributed by atoms with E-state index in [1.807, 2.05) is 24.3 Å². The predicted octanol–water partition coefficient (Wildman–Crippen LogP) is 4.02. The molecule has 4 nitrogen and oxygen atoms in total. The molecule has 0 bridgehead atoms. The Labute approximate surface area is 140 Å². The second kappa shape index (κ2) is 8.39. The lowest BCUT2D eigenvalue weighted by Crippen LogP contribution is -2.14. The summed E-state index contributed by atoms with van der Waals surface area (Å²) in [5, 5.41) is 2.80. The Bertz CT molecular complexity index is 683. The molecule has 120 valence electrons. The minimum Gasteiger partial charge on any atom is -0.497 e. The monoisotopic (exact) mass is 329 g/mol. The van der Waals surface area contributed by atoms with Crippen LogP contribution in [0.25, 0.3) is 0 Å². The summed E-state index contributed by atoms with van der Waals surface area (Å²) in [6.07, 6.45) is 0.378. The van der Waals surface area contributed by atoms with Gasteiger partial charge in [-0.3, -0.25) is 9.59 Å². The number of rotatable bonds is 7. The Morgan fingerprint density at radius 1 is 1.09 bits per heavy atom. The zero-order valence-corrected chi connectivity index (χ0v) is 14.0. The highest BCUT2D eigenvalue weighted by Gasteiger charge is 2.09. The molecule has 0 aliphatic rings. The summed E-state index contributed by atoms with van der Waals surface area (Å²) in [6, 6.07) is 14.8. The number of ketones is 1. The van der Waals surface area contributed by atoms with Crippen LogP contribution < -0.4 is 10.1 Å². The quantitative estimate of drug-likeness (QED) is 0.616. The van der Waals surface area contributed by atoms with Crippen LogP contribution in [0.1, 0.15) is 23.7 Å². The number of carbonyl (C=O) groups excluding carboxylic acids is 2. The van der Waals surface area contributed by atoms with Crippen molar-refractivity contribution in [1.29, 1.82) is 0 Å². The number of thioether (sulfide) groups is 1. The van der Waals surface area contributed by atoms with E-state index in [0.29, 0.717) is 23.4 Å². The molecule has 1 amide bonds. The van der Waals surface area contributed by atoms with Crippen LogP contribution >= 0.6 is 11.8 Å². The van der Waals surface area contributed by atoms with Crippen LogP contribution in [-0.4, -0.2) is 24.6 Å². The normalized spacial score (nSPS) is 10.2. The van der Waals surface area contributed by atoms with Gasteiger partial charge in [0.1, 0.15) is 5.75 Å². The molecule has 0 saturated carbocycles. The van der Waals surface area contributed by atoms with Crippen molar-refractivity contribution in [1.82, 2.24) is 0 Å². The summed E-state index contributed by atoms with van der Waals surface area (Å²) in [6.45, 7) is 1.49. The number of para-hydroxylation sites is 1. The van der Waals surface area contributed by atoms with Gasteiger partial charge in [0.2, 0.25) is 5.91 Å². The zero-order valence-electron chi connectivity index (χ0n) is 13.2. The van der Waals surface area contributed by atoms with Gasteiger partial charge >= 0.3 is 0 Å². The van der Waals surface area contributed by atoms with Crippen molar-refractivity contribution in [2.75, 3.05) is 18.2 Å². The van der Waals surface area contributed by atoms with Crippen molar-refractivity contribution in [3.05, 3.63) is 54.1 Å². The van der Waals surface area contributed by atoms with Crippen molar-refractivity contribution in [2.24, 2.45) is 0 Å². The van der Waals surface area contributed by atoms with Crippen molar-refractivity contribution < 1.29 is 14.3 Å². The van der Waals surface area contributed by atoms with Gasteiger partial charge in [0.15, 0.2) is 5.78 Å². The van der Waals surface area contributed by atoms with Crippen LogP contribution in [0.15, 0.2) is 53.4 Å². The minimum absolute atomic E-state index is 0.0616. The van der Waals surface area contributed by atoms with E-state index in [0.717, 1.165) is 10.6 Å². The fraction of sp³-hybridized carbons (Fsp3) is 0.222. The lowest BCUT2D eigenvalue weighted by atomic mass is 10.1. The lowest BCUT2D eigenvalue weighted by Gasteiger charge is -2.09. The number of nitrogens with one attached hydrogen (secondary N) is 1. The van der Waals surface area contributed by atoms with Crippen molar-refractivity contribution in [2.45, 2.75) is 18.2 Å². The molecule has 0 heterocycles. The third-order valence-electron chi connectivity index (χ3n) is 3.24. The van der Waals surface area contributed by atoms with Gasteiger partial charge in [-0.2, -0.15) is 0 Å². The summed E-state index contributed by atoms with van der Waals surface area (Å²) in [4.78, 5) is 24.6. The maximum Gasteiger partial charge on any atom is 0.225 e. The molecular weight excluding hydrogens is 310 g/mol. The number of anilines is 1. The van der Waals surface area contributed by atoms with Crippen LogP contribution in [0.2, 0.25) is 0 Å². The van der Waals surface area contributed by atoms with Gasteiger partial charge in [-0.1, -0.05) is 12.1 Å². The van der Waals surface area contributed by atoms with Crippen molar-refractivity contribution in [3.8, 4) is 5.75 Å². The summed E-state index contributed by atoms with van der Waals surface area (Å²) in [5.41, 5.74) is 1.10. The van der Waals surface area contributed by atoms with Crippen LogP contribution in [-0.2, 0) is 4.79 Å². The zero-order chi connectivity index (χ0) is 16.7. The maximum atomic E-state index is 12.0. The van der Waals surface area contributed by atoms with Gasteiger partial charge in [0, 0.05) is 22.6 Å². The first-order valence-electron chi connectivity index (χ1n) is 7.27. The number of hydrogen-bond donors (Lipinski definition) is 1. The first-order chi connectivity index (χ1) is 11.1. The fourth-order valence-corrected chi connectivity index (χ4v) is 2.90. The highest BCUT2D eigenvalue weighted by molar-refractivity contribution is 7.99. The summed E-state index contributed by atoms with van der Waals surface area (Å²) < 4.78 is 5.11. The second-order valence-corrected chi connectivity index (χ2v) is 6.09. The van der Waals surface area contributed by atoms with Crippen molar-refractivity contribution in [3.63, 3.8) is 0 Å². The molecule has 0 fully saturated rings. The van der Waals surface area contributed by atoms with Gasteiger partial charge in [-0.25, -0.2) is 0 Å². The maximum absolute atomic E-state index is 12.0. The van der Waals surface area contributed by atoms with E-state index in [1.54, 1.807) is 43.1 Å². The summed E-state index contributed by atoms with van der Waals surface area (Å²) in [5.74, 6) is 1.32. The average Bonchev–Trinajstić information content (AvgIpc) is 2.56. The molecule has 0 spiro atoms. The molecule has 0 radical (unpaired) electrons. The van der Waals surface area contributed by atoms with Crippen LogP contribution in [0.3, 0.4) is 0 Å². The van der Waals surface area contributed by atoms with E-state index >= 15 is 0 Å². The number of amides is 1. The molecule has 0 aliphatic carbocycles. The van der Waals surface area contributed by atoms with E-state index in [2.05, 4.69) is 5.32 Å². The topological polar surface area (TPSA) is 55.4 Å². The van der Waals surface area contributed by atoms with E-state index in [9.17, 15) is 9.59 Å². The predicted molar refractivity (Wildman–Crippen MR) is 93.4 cm³/mol.